The average Bonchev–Trinajstić information content (AvgIpc) is 3.27. The number of aromatic nitrogens is 1. The van der Waals surface area contributed by atoms with Gasteiger partial charge in [0.25, 0.3) is 5.56 Å². The van der Waals surface area contributed by atoms with E-state index in [0.29, 0.717) is 37.7 Å². The molecular formula is C30H26N2O6S. The number of para-hydroxylation sites is 1. The van der Waals surface area contributed by atoms with Crippen molar-refractivity contribution in [2.75, 3.05) is 20.8 Å². The molecule has 8 nitrogen and oxygen atoms in total. The summed E-state index contributed by atoms with van der Waals surface area (Å²) in [5.41, 5.74) is 2.38. The number of hydrogen-bond donors (Lipinski definition) is 1. The second-order valence-electron chi connectivity index (χ2n) is 8.60. The van der Waals surface area contributed by atoms with Gasteiger partial charge in [-0.2, -0.15) is 0 Å². The molecule has 2 heterocycles. The maximum absolute atomic E-state index is 14.0. The molecule has 0 fully saturated rings. The molecule has 1 N–H and O–H groups in total. The van der Waals surface area contributed by atoms with Crippen molar-refractivity contribution in [2.24, 2.45) is 4.99 Å². The van der Waals surface area contributed by atoms with Crippen LogP contribution in [0.25, 0.3) is 11.8 Å². The lowest BCUT2D eigenvalue weighted by Gasteiger charge is -2.27. The quantitative estimate of drug-likeness (QED) is 0.358. The molecule has 198 valence electrons. The molecule has 0 saturated carbocycles. The Bertz CT molecular complexity index is 1750. The number of thiazole rings is 1. The zero-order valence-electron chi connectivity index (χ0n) is 21.6. The zero-order valence-corrected chi connectivity index (χ0v) is 22.4. The van der Waals surface area contributed by atoms with Crippen LogP contribution in [0.4, 0.5) is 0 Å². The Morgan fingerprint density at radius 2 is 1.74 bits per heavy atom. The van der Waals surface area contributed by atoms with E-state index in [-0.39, 0.29) is 23.5 Å². The lowest BCUT2D eigenvalue weighted by molar-refractivity contribution is -0.138. The molecule has 5 rings (SSSR count). The van der Waals surface area contributed by atoms with Crippen molar-refractivity contribution in [1.82, 2.24) is 4.57 Å². The first-order chi connectivity index (χ1) is 19.0. The van der Waals surface area contributed by atoms with Crippen molar-refractivity contribution in [3.8, 4) is 17.2 Å². The van der Waals surface area contributed by atoms with Crippen molar-refractivity contribution in [3.05, 3.63) is 115 Å². The van der Waals surface area contributed by atoms with Crippen molar-refractivity contribution in [1.29, 1.82) is 0 Å². The first-order valence-corrected chi connectivity index (χ1v) is 13.1. The number of ether oxygens (including phenoxy) is 3. The van der Waals surface area contributed by atoms with Crippen molar-refractivity contribution in [3.63, 3.8) is 0 Å². The SMILES string of the molecule is CCOC(=O)C1=C(c2ccccc2)N=c2s/c(=C/c3ccc(O)c(OC)c3)c(=O)n2C1c1ccccc1OC. The van der Waals surface area contributed by atoms with Crippen LogP contribution in [-0.2, 0) is 9.53 Å². The van der Waals surface area contributed by atoms with Gasteiger partial charge in [0.1, 0.15) is 11.8 Å². The molecule has 3 aromatic carbocycles. The van der Waals surface area contributed by atoms with Crippen LogP contribution < -0.4 is 24.4 Å². The maximum Gasteiger partial charge on any atom is 0.338 e. The Balaban J connectivity index is 1.84. The van der Waals surface area contributed by atoms with Gasteiger partial charge in [-0.1, -0.05) is 65.9 Å². The van der Waals surface area contributed by atoms with Crippen molar-refractivity contribution in [2.45, 2.75) is 13.0 Å². The molecule has 4 aromatic rings. The molecule has 0 amide bonds. The van der Waals surface area contributed by atoms with Crippen LogP contribution >= 0.6 is 11.3 Å². The smallest absolute Gasteiger partial charge is 0.338 e. The molecule has 0 spiro atoms. The highest BCUT2D eigenvalue weighted by Crippen LogP contribution is 2.38. The first kappa shape index (κ1) is 26.0. The van der Waals surface area contributed by atoms with Crippen LogP contribution in [0, 0.1) is 0 Å². The monoisotopic (exact) mass is 542 g/mol. The molecule has 1 aromatic heterocycles. The van der Waals surface area contributed by atoms with E-state index in [1.165, 1.54) is 29.1 Å². The Morgan fingerprint density at radius 3 is 2.46 bits per heavy atom. The van der Waals surface area contributed by atoms with E-state index in [1.807, 2.05) is 48.5 Å². The third kappa shape index (κ3) is 4.84. The van der Waals surface area contributed by atoms with E-state index in [2.05, 4.69) is 0 Å². The largest absolute Gasteiger partial charge is 0.504 e. The van der Waals surface area contributed by atoms with Crippen LogP contribution in [-0.4, -0.2) is 36.5 Å². The van der Waals surface area contributed by atoms with Gasteiger partial charge in [0.2, 0.25) is 0 Å². The van der Waals surface area contributed by atoms with Gasteiger partial charge in [0.15, 0.2) is 16.3 Å². The third-order valence-electron chi connectivity index (χ3n) is 6.31. The Hall–Kier alpha value is -4.63. The Labute approximate surface area is 228 Å². The van der Waals surface area contributed by atoms with Gasteiger partial charge in [0, 0.05) is 11.1 Å². The summed E-state index contributed by atoms with van der Waals surface area (Å²) < 4.78 is 18.3. The van der Waals surface area contributed by atoms with Gasteiger partial charge >= 0.3 is 5.97 Å². The summed E-state index contributed by atoms with van der Waals surface area (Å²) in [5.74, 6) is 0.253. The summed E-state index contributed by atoms with van der Waals surface area (Å²) in [7, 11) is 3.01. The van der Waals surface area contributed by atoms with Crippen LogP contribution in [0.1, 0.15) is 29.7 Å². The minimum Gasteiger partial charge on any atom is -0.504 e. The second-order valence-corrected chi connectivity index (χ2v) is 9.61. The minimum absolute atomic E-state index is 0.00105. The molecule has 0 radical (unpaired) electrons. The van der Waals surface area contributed by atoms with Gasteiger partial charge < -0.3 is 19.3 Å². The predicted octanol–water partition coefficient (Wildman–Crippen LogP) is 3.66. The molecule has 0 bridgehead atoms. The van der Waals surface area contributed by atoms with E-state index >= 15 is 0 Å². The lowest BCUT2D eigenvalue weighted by Crippen LogP contribution is -2.40. The van der Waals surface area contributed by atoms with Crippen LogP contribution in [0.5, 0.6) is 17.2 Å². The van der Waals surface area contributed by atoms with E-state index in [9.17, 15) is 14.7 Å². The number of nitrogens with zero attached hydrogens (tertiary/aromatic N) is 2. The molecule has 0 aliphatic carbocycles. The number of methoxy groups -OCH3 is 2. The van der Waals surface area contributed by atoms with Gasteiger partial charge in [-0.3, -0.25) is 9.36 Å². The minimum atomic E-state index is -0.844. The highest BCUT2D eigenvalue weighted by atomic mass is 32.1. The number of aromatic hydroxyl groups is 1. The Kier molecular flexibility index (Phi) is 7.33. The number of carbonyl (C=O) groups is 1. The third-order valence-corrected chi connectivity index (χ3v) is 7.29. The van der Waals surface area contributed by atoms with Gasteiger partial charge in [-0.15, -0.1) is 0 Å². The zero-order chi connectivity index (χ0) is 27.5. The number of carbonyl (C=O) groups excluding carboxylic acids is 1. The van der Waals surface area contributed by atoms with Crippen LogP contribution in [0.15, 0.2) is 88.2 Å². The van der Waals surface area contributed by atoms with Gasteiger partial charge in [0.05, 0.1) is 36.6 Å². The first-order valence-electron chi connectivity index (χ1n) is 12.2. The lowest BCUT2D eigenvalue weighted by atomic mass is 9.92. The Morgan fingerprint density at radius 1 is 1.03 bits per heavy atom. The fourth-order valence-electron chi connectivity index (χ4n) is 4.56. The summed E-state index contributed by atoms with van der Waals surface area (Å²) in [6, 6.07) is 20.6. The van der Waals surface area contributed by atoms with E-state index in [0.717, 1.165) is 5.56 Å². The van der Waals surface area contributed by atoms with Crippen molar-refractivity contribution < 1.29 is 24.1 Å². The standard InChI is InChI=1S/C30H26N2O6S/c1-4-38-29(35)25-26(19-10-6-5-7-11-19)31-30-32(27(25)20-12-8-9-13-22(20)36-2)28(34)24(39-30)17-18-14-15-21(33)23(16-18)37-3/h5-17,27,33H,4H2,1-3H3/b24-17+. The summed E-state index contributed by atoms with van der Waals surface area (Å²) >= 11 is 1.21. The molecule has 1 aliphatic heterocycles. The number of phenolic OH excluding ortho intramolecular Hbond substituents is 1. The molecule has 39 heavy (non-hydrogen) atoms. The number of benzene rings is 3. The van der Waals surface area contributed by atoms with E-state index in [1.54, 1.807) is 38.3 Å². The summed E-state index contributed by atoms with van der Waals surface area (Å²) in [6.45, 7) is 1.90. The number of esters is 1. The van der Waals surface area contributed by atoms with E-state index in [4.69, 9.17) is 19.2 Å². The fraction of sp³-hybridized carbons (Fsp3) is 0.167. The molecular weight excluding hydrogens is 516 g/mol. The average molecular weight is 543 g/mol. The summed E-state index contributed by atoms with van der Waals surface area (Å²) in [5, 5.41) is 9.98. The predicted molar refractivity (Wildman–Crippen MR) is 149 cm³/mol. The molecule has 0 saturated heterocycles. The number of fused-ring (bicyclic) bond motifs is 1. The highest BCUT2D eigenvalue weighted by molar-refractivity contribution is 7.07. The van der Waals surface area contributed by atoms with E-state index < -0.39 is 12.0 Å². The van der Waals surface area contributed by atoms with Gasteiger partial charge in [-0.05, 0) is 36.8 Å². The molecule has 9 heteroatoms. The summed E-state index contributed by atoms with van der Waals surface area (Å²) in [4.78, 5) is 32.8. The summed E-state index contributed by atoms with van der Waals surface area (Å²) in [6.07, 6.45) is 1.71. The fourth-order valence-corrected chi connectivity index (χ4v) is 5.56. The number of hydrogen-bond acceptors (Lipinski definition) is 8. The molecule has 1 aliphatic rings. The molecule has 1 atom stereocenters. The van der Waals surface area contributed by atoms with Gasteiger partial charge in [-0.25, -0.2) is 9.79 Å². The maximum atomic E-state index is 14.0. The number of phenols is 1. The second kappa shape index (κ2) is 11.0. The van der Waals surface area contributed by atoms with Crippen LogP contribution in [0.2, 0.25) is 0 Å². The highest BCUT2D eigenvalue weighted by Gasteiger charge is 2.36. The van der Waals surface area contributed by atoms with Crippen molar-refractivity contribution >= 4 is 29.1 Å². The topological polar surface area (TPSA) is 99.4 Å². The number of rotatable bonds is 7. The normalized spacial score (nSPS) is 14.9. The van der Waals surface area contributed by atoms with Crippen LogP contribution in [0.3, 0.4) is 0 Å². The molecule has 1 unspecified atom stereocenters.